The Morgan fingerprint density at radius 2 is 0.590 bits per heavy atom. The molecule has 0 heterocycles. The van der Waals surface area contributed by atoms with Crippen LogP contribution >= 0.6 is 15.6 Å². The van der Waals surface area contributed by atoms with E-state index in [0.29, 0.717) is 25.7 Å². The number of hydrogen-bond acceptors (Lipinski definition) is 15. The van der Waals surface area contributed by atoms with E-state index in [4.69, 9.17) is 37.0 Å². The molecule has 3 unspecified atom stereocenters. The first-order chi connectivity index (χ1) is 48.4. The quantitative estimate of drug-likeness (QED) is 0.0169. The van der Waals surface area contributed by atoms with E-state index >= 15 is 0 Å². The topological polar surface area (TPSA) is 237 Å². The van der Waals surface area contributed by atoms with Gasteiger partial charge in [-0.15, -0.1) is 0 Å². The van der Waals surface area contributed by atoms with Crippen LogP contribution in [0.5, 0.6) is 0 Å². The lowest BCUT2D eigenvalue weighted by Crippen LogP contribution is -2.30. The average molecular weight is 1460 g/mol. The standard InChI is InChI=1S/C81H154O17P2/c1-7-10-12-14-16-18-20-21-26-30-33-40-46-52-58-64-79(84)92-70-77(97-80(85)65-59-53-47-41-34-31-28-25-23-22-24-27-29-32-37-43-49-55-61-73(4)5)72-96-100(89,90)94-68-75(82)67-93-99(87,88)95-71-76(69-91-78(83)63-57-51-45-39-19-17-15-13-11-8-2)98-81(86)66-60-54-48-42-36-35-38-44-50-56-62-74(6)9-3/h18,20-21,26,73-77,82H,7-17,19,22-25,27-72H2,1-6H3,(H,87,88)(H,89,90)/b20-18-,26-21-/t74?,75-,76+,77+/m0/s1. The molecule has 590 valence electrons. The number of aliphatic hydroxyl groups is 1. The highest BCUT2D eigenvalue weighted by Gasteiger charge is 2.30. The number of ether oxygens (including phenoxy) is 4. The molecule has 0 spiro atoms. The number of phosphoric acid groups is 2. The number of rotatable bonds is 78. The Hall–Kier alpha value is -2.46. The minimum Gasteiger partial charge on any atom is -0.462 e. The molecule has 100 heavy (non-hydrogen) atoms. The zero-order valence-electron chi connectivity index (χ0n) is 65.0. The van der Waals surface area contributed by atoms with Gasteiger partial charge in [0, 0.05) is 25.7 Å². The smallest absolute Gasteiger partial charge is 0.462 e. The van der Waals surface area contributed by atoms with Crippen molar-refractivity contribution < 1.29 is 80.2 Å². The van der Waals surface area contributed by atoms with Gasteiger partial charge in [-0.25, -0.2) is 9.13 Å². The summed E-state index contributed by atoms with van der Waals surface area (Å²) in [6.45, 7) is 9.61. The molecule has 0 saturated carbocycles. The molecule has 0 saturated heterocycles. The van der Waals surface area contributed by atoms with Crippen molar-refractivity contribution in [2.45, 2.75) is 419 Å². The molecule has 0 aliphatic rings. The van der Waals surface area contributed by atoms with Crippen molar-refractivity contribution in [2.75, 3.05) is 39.6 Å². The number of carbonyl (C=O) groups is 4. The summed E-state index contributed by atoms with van der Waals surface area (Å²) in [7, 11) is -9.93. The number of aliphatic hydroxyl groups excluding tert-OH is 1. The van der Waals surface area contributed by atoms with Crippen molar-refractivity contribution in [3.63, 3.8) is 0 Å². The second-order valence-electron chi connectivity index (χ2n) is 29.2. The van der Waals surface area contributed by atoms with Crippen LogP contribution in [-0.2, 0) is 65.4 Å². The van der Waals surface area contributed by atoms with Gasteiger partial charge in [0.15, 0.2) is 12.2 Å². The minimum atomic E-state index is -4.97. The van der Waals surface area contributed by atoms with Crippen LogP contribution in [0, 0.1) is 11.8 Å². The Kier molecular flexibility index (Phi) is 70.3. The van der Waals surface area contributed by atoms with E-state index in [1.54, 1.807) is 0 Å². The largest absolute Gasteiger partial charge is 0.472 e. The predicted octanol–water partition coefficient (Wildman–Crippen LogP) is 23.8. The van der Waals surface area contributed by atoms with Gasteiger partial charge in [-0.2, -0.15) is 0 Å². The van der Waals surface area contributed by atoms with E-state index in [2.05, 4.69) is 65.8 Å². The maximum atomic E-state index is 13.1. The van der Waals surface area contributed by atoms with E-state index < -0.39 is 97.5 Å². The van der Waals surface area contributed by atoms with E-state index in [9.17, 15) is 43.2 Å². The third-order valence-corrected chi connectivity index (χ3v) is 20.6. The maximum absolute atomic E-state index is 13.1. The number of unbranched alkanes of at least 4 members (excludes halogenated alkanes) is 44. The molecule has 0 aromatic rings. The molecule has 0 rings (SSSR count). The summed E-state index contributed by atoms with van der Waals surface area (Å²) in [6, 6.07) is 0. The van der Waals surface area contributed by atoms with Gasteiger partial charge in [-0.05, 0) is 63.2 Å². The number of esters is 4. The lowest BCUT2D eigenvalue weighted by atomic mass is 9.99. The summed E-state index contributed by atoms with van der Waals surface area (Å²) < 4.78 is 68.6. The molecule has 0 amide bonds. The Balaban J connectivity index is 5.26. The van der Waals surface area contributed by atoms with Crippen molar-refractivity contribution in [3.8, 4) is 0 Å². The Bertz CT molecular complexity index is 2020. The normalized spacial score (nSPS) is 14.3. The van der Waals surface area contributed by atoms with E-state index in [1.165, 1.54) is 199 Å². The third-order valence-electron chi connectivity index (χ3n) is 18.7. The number of allylic oxidation sites excluding steroid dienone is 4. The second-order valence-corrected chi connectivity index (χ2v) is 32.1. The molecule has 3 N–H and O–H groups in total. The van der Waals surface area contributed by atoms with Crippen molar-refractivity contribution in [3.05, 3.63) is 24.3 Å². The summed E-state index contributed by atoms with van der Waals surface area (Å²) in [5, 5.41) is 10.6. The fourth-order valence-electron chi connectivity index (χ4n) is 12.0. The van der Waals surface area contributed by atoms with E-state index in [-0.39, 0.29) is 25.7 Å². The van der Waals surface area contributed by atoms with Crippen LogP contribution < -0.4 is 0 Å². The maximum Gasteiger partial charge on any atom is 0.472 e. The van der Waals surface area contributed by atoms with Gasteiger partial charge >= 0.3 is 39.5 Å². The summed E-state index contributed by atoms with van der Waals surface area (Å²) in [4.78, 5) is 73.0. The lowest BCUT2D eigenvalue weighted by Gasteiger charge is -2.21. The molecule has 0 aromatic carbocycles. The SMILES string of the molecule is CCCCCC/C=C\C=C/CCCCCCCC(=O)OC[C@H](COP(=O)(O)OC[C@@H](O)COP(=O)(O)OC[C@@H](COC(=O)CCCCCCCCCCCC)OC(=O)CCCCCCCCCCCCC(C)CC)OC(=O)CCCCCCCCCCCCCCCCCCCCC(C)C. The van der Waals surface area contributed by atoms with Gasteiger partial charge in [0.1, 0.15) is 19.3 Å². The highest BCUT2D eigenvalue weighted by Crippen LogP contribution is 2.45. The molecule has 0 aromatic heterocycles. The average Bonchev–Trinajstić information content (AvgIpc) is 0.949. The first kappa shape index (κ1) is 97.5. The molecule has 0 radical (unpaired) electrons. The fraction of sp³-hybridized carbons (Fsp3) is 0.901. The fourth-order valence-corrected chi connectivity index (χ4v) is 13.5. The van der Waals surface area contributed by atoms with Gasteiger partial charge in [0.05, 0.1) is 26.4 Å². The van der Waals surface area contributed by atoms with E-state index in [1.807, 2.05) is 0 Å². The number of phosphoric ester groups is 2. The lowest BCUT2D eigenvalue weighted by molar-refractivity contribution is -0.161. The summed E-state index contributed by atoms with van der Waals surface area (Å²) in [5.74, 6) is -0.519. The molecular weight excluding hydrogens is 1310 g/mol. The van der Waals surface area contributed by atoms with Gasteiger partial charge in [0.25, 0.3) is 0 Å². The van der Waals surface area contributed by atoms with Gasteiger partial charge < -0.3 is 33.8 Å². The van der Waals surface area contributed by atoms with Crippen LogP contribution in [0.4, 0.5) is 0 Å². The van der Waals surface area contributed by atoms with Crippen molar-refractivity contribution in [1.82, 2.24) is 0 Å². The Morgan fingerprint density at radius 3 is 0.900 bits per heavy atom. The van der Waals surface area contributed by atoms with Crippen LogP contribution in [-0.4, -0.2) is 96.7 Å². The zero-order chi connectivity index (χ0) is 73.5. The molecular formula is C81H154O17P2. The van der Waals surface area contributed by atoms with Crippen LogP contribution in [0.25, 0.3) is 0 Å². The van der Waals surface area contributed by atoms with Crippen molar-refractivity contribution in [1.29, 1.82) is 0 Å². The zero-order valence-corrected chi connectivity index (χ0v) is 66.8. The Morgan fingerprint density at radius 1 is 0.330 bits per heavy atom. The molecule has 0 aliphatic heterocycles. The minimum absolute atomic E-state index is 0.101. The summed E-state index contributed by atoms with van der Waals surface area (Å²) in [6.07, 6.45) is 64.5. The monoisotopic (exact) mass is 1460 g/mol. The molecule has 0 bridgehead atoms. The van der Waals surface area contributed by atoms with Crippen LogP contribution in [0.1, 0.15) is 401 Å². The first-order valence-corrected chi connectivity index (χ1v) is 44.3. The molecule has 6 atom stereocenters. The first-order valence-electron chi connectivity index (χ1n) is 41.3. The summed E-state index contributed by atoms with van der Waals surface area (Å²) >= 11 is 0. The number of carbonyl (C=O) groups excluding carboxylic acids is 4. The highest BCUT2D eigenvalue weighted by molar-refractivity contribution is 7.47. The van der Waals surface area contributed by atoms with Crippen LogP contribution in [0.3, 0.4) is 0 Å². The van der Waals surface area contributed by atoms with E-state index in [0.717, 1.165) is 121 Å². The molecule has 0 aliphatic carbocycles. The Labute approximate surface area is 612 Å². The van der Waals surface area contributed by atoms with Crippen LogP contribution in [0.2, 0.25) is 0 Å². The van der Waals surface area contributed by atoms with Gasteiger partial charge in [0.2, 0.25) is 0 Å². The van der Waals surface area contributed by atoms with Crippen molar-refractivity contribution >= 4 is 39.5 Å². The van der Waals surface area contributed by atoms with Gasteiger partial charge in [-0.3, -0.25) is 37.3 Å². The predicted molar refractivity (Wildman–Crippen MR) is 409 cm³/mol. The second kappa shape index (κ2) is 72.1. The third kappa shape index (κ3) is 72.5. The highest BCUT2D eigenvalue weighted by atomic mass is 31.2. The summed E-state index contributed by atoms with van der Waals surface area (Å²) in [5.41, 5.74) is 0. The number of hydrogen-bond donors (Lipinski definition) is 3. The van der Waals surface area contributed by atoms with Crippen molar-refractivity contribution in [2.24, 2.45) is 11.8 Å². The molecule has 0 fully saturated rings. The molecule has 17 nitrogen and oxygen atoms in total. The van der Waals surface area contributed by atoms with Gasteiger partial charge in [-0.1, -0.05) is 348 Å². The molecule has 19 heteroatoms. The van der Waals surface area contributed by atoms with Crippen LogP contribution in [0.15, 0.2) is 24.3 Å².